The van der Waals surface area contributed by atoms with Crippen LogP contribution < -0.4 is 0 Å². The van der Waals surface area contributed by atoms with Gasteiger partial charge in [0.05, 0.1) is 0 Å². The maximum absolute atomic E-state index is 4.38. The zero-order valence-electron chi connectivity index (χ0n) is 7.81. The average Bonchev–Trinajstić information content (AvgIpc) is 2.20. The normalized spacial score (nSPS) is 10.1. The van der Waals surface area contributed by atoms with Crippen molar-refractivity contribution in [2.24, 2.45) is 0 Å². The molecule has 3 heteroatoms. The second-order valence-corrected chi connectivity index (χ2v) is 3.52. The van der Waals surface area contributed by atoms with E-state index in [1.165, 1.54) is 0 Å². The number of aryl methyl sites for hydroxylation is 1. The summed E-state index contributed by atoms with van der Waals surface area (Å²) in [6.07, 6.45) is 3.63. The Balaban J connectivity index is 2.50. The Hall–Kier alpha value is -1.35. The van der Waals surface area contributed by atoms with Crippen molar-refractivity contribution >= 4 is 12.6 Å². The fourth-order valence-corrected chi connectivity index (χ4v) is 1.54. The van der Waals surface area contributed by atoms with Crippen LogP contribution in [0.2, 0.25) is 0 Å². The number of rotatable bonds is 1. The summed E-state index contributed by atoms with van der Waals surface area (Å²) in [4.78, 5) is 9.25. The smallest absolute Gasteiger partial charge is 0.125 e. The van der Waals surface area contributed by atoms with E-state index in [9.17, 15) is 0 Å². The third-order valence-electron chi connectivity index (χ3n) is 2.00. The van der Waals surface area contributed by atoms with Gasteiger partial charge in [0.25, 0.3) is 0 Å². The molecule has 0 aliphatic carbocycles. The molecule has 0 bridgehead atoms. The summed E-state index contributed by atoms with van der Waals surface area (Å²) in [5, 5.41) is 0. The van der Waals surface area contributed by atoms with Gasteiger partial charge in [-0.1, -0.05) is 18.2 Å². The Morgan fingerprint density at radius 3 is 2.36 bits per heavy atom. The summed E-state index contributed by atoms with van der Waals surface area (Å²) in [5.74, 6) is 0.783. The summed E-state index contributed by atoms with van der Waals surface area (Å²) in [7, 11) is 0. The van der Waals surface area contributed by atoms with Gasteiger partial charge < -0.3 is 0 Å². The Bertz CT molecular complexity index is 437. The molecule has 0 spiro atoms. The van der Waals surface area contributed by atoms with Gasteiger partial charge in [0.1, 0.15) is 5.82 Å². The predicted octanol–water partition coefficient (Wildman–Crippen LogP) is 2.74. The van der Waals surface area contributed by atoms with E-state index in [-0.39, 0.29) is 0 Å². The van der Waals surface area contributed by atoms with Crippen LogP contribution in [0.4, 0.5) is 0 Å². The molecule has 0 aliphatic heterocycles. The SMILES string of the molecule is Cc1ncc(-c2ccccc2S)cn1. The van der Waals surface area contributed by atoms with E-state index < -0.39 is 0 Å². The van der Waals surface area contributed by atoms with Crippen molar-refractivity contribution in [1.29, 1.82) is 0 Å². The lowest BCUT2D eigenvalue weighted by atomic mass is 10.1. The zero-order valence-corrected chi connectivity index (χ0v) is 8.70. The van der Waals surface area contributed by atoms with E-state index in [2.05, 4.69) is 22.6 Å². The monoisotopic (exact) mass is 202 g/mol. The topological polar surface area (TPSA) is 25.8 Å². The van der Waals surface area contributed by atoms with E-state index in [0.717, 1.165) is 21.8 Å². The minimum atomic E-state index is 0.783. The van der Waals surface area contributed by atoms with Crippen molar-refractivity contribution in [2.75, 3.05) is 0 Å². The van der Waals surface area contributed by atoms with Gasteiger partial charge in [0.2, 0.25) is 0 Å². The van der Waals surface area contributed by atoms with Crippen LogP contribution in [0.3, 0.4) is 0 Å². The van der Waals surface area contributed by atoms with Crippen molar-refractivity contribution in [3.05, 3.63) is 42.5 Å². The van der Waals surface area contributed by atoms with Crippen LogP contribution in [-0.4, -0.2) is 9.97 Å². The van der Waals surface area contributed by atoms with Gasteiger partial charge in [-0.15, -0.1) is 12.6 Å². The molecule has 0 amide bonds. The van der Waals surface area contributed by atoms with Crippen LogP contribution in [-0.2, 0) is 0 Å². The molecule has 1 aromatic heterocycles. The van der Waals surface area contributed by atoms with Gasteiger partial charge in [-0.2, -0.15) is 0 Å². The second-order valence-electron chi connectivity index (χ2n) is 3.04. The molecular formula is C11H10N2S. The van der Waals surface area contributed by atoms with Crippen molar-refractivity contribution < 1.29 is 0 Å². The fraction of sp³-hybridized carbons (Fsp3) is 0.0909. The molecule has 70 valence electrons. The minimum absolute atomic E-state index is 0.783. The van der Waals surface area contributed by atoms with Crippen LogP contribution in [0.5, 0.6) is 0 Å². The van der Waals surface area contributed by atoms with Crippen molar-refractivity contribution in [3.63, 3.8) is 0 Å². The number of nitrogens with zero attached hydrogens (tertiary/aromatic N) is 2. The van der Waals surface area contributed by atoms with Gasteiger partial charge in [0, 0.05) is 22.9 Å². The van der Waals surface area contributed by atoms with E-state index in [4.69, 9.17) is 0 Å². The molecule has 0 fully saturated rings. The molecule has 0 saturated heterocycles. The molecule has 2 rings (SSSR count). The van der Waals surface area contributed by atoms with E-state index in [1.54, 1.807) is 0 Å². The first-order valence-electron chi connectivity index (χ1n) is 4.34. The largest absolute Gasteiger partial charge is 0.241 e. The Morgan fingerprint density at radius 1 is 1.07 bits per heavy atom. The van der Waals surface area contributed by atoms with Crippen molar-refractivity contribution in [2.45, 2.75) is 11.8 Å². The summed E-state index contributed by atoms with van der Waals surface area (Å²) in [6, 6.07) is 7.91. The molecule has 0 aliphatic rings. The summed E-state index contributed by atoms with van der Waals surface area (Å²) in [5.41, 5.74) is 2.07. The maximum atomic E-state index is 4.38. The Kier molecular flexibility index (Phi) is 2.50. The molecule has 1 heterocycles. The summed E-state index contributed by atoms with van der Waals surface area (Å²) in [6.45, 7) is 1.87. The lowest BCUT2D eigenvalue weighted by molar-refractivity contribution is 1.05. The van der Waals surface area contributed by atoms with Crippen LogP contribution in [0.15, 0.2) is 41.6 Å². The first-order valence-corrected chi connectivity index (χ1v) is 4.79. The number of benzene rings is 1. The number of hydrogen-bond donors (Lipinski definition) is 1. The lowest BCUT2D eigenvalue weighted by Crippen LogP contribution is -1.88. The molecule has 14 heavy (non-hydrogen) atoms. The summed E-state index contributed by atoms with van der Waals surface area (Å²) >= 11 is 4.38. The van der Waals surface area contributed by atoms with Gasteiger partial charge in [0.15, 0.2) is 0 Å². The van der Waals surface area contributed by atoms with Crippen LogP contribution >= 0.6 is 12.6 Å². The van der Waals surface area contributed by atoms with E-state index in [0.29, 0.717) is 0 Å². The molecule has 1 aromatic carbocycles. The molecular weight excluding hydrogens is 192 g/mol. The number of hydrogen-bond acceptors (Lipinski definition) is 3. The predicted molar refractivity (Wildman–Crippen MR) is 59.5 cm³/mol. The number of aromatic nitrogens is 2. The molecule has 0 N–H and O–H groups in total. The highest BCUT2D eigenvalue weighted by Gasteiger charge is 2.01. The van der Waals surface area contributed by atoms with E-state index in [1.807, 2.05) is 43.6 Å². The first-order chi connectivity index (χ1) is 6.77. The fourth-order valence-electron chi connectivity index (χ4n) is 1.25. The zero-order chi connectivity index (χ0) is 9.97. The third-order valence-corrected chi connectivity index (χ3v) is 2.39. The van der Waals surface area contributed by atoms with Gasteiger partial charge in [-0.3, -0.25) is 0 Å². The maximum Gasteiger partial charge on any atom is 0.125 e. The molecule has 0 saturated carbocycles. The molecule has 2 aromatic rings. The van der Waals surface area contributed by atoms with Gasteiger partial charge in [-0.05, 0) is 18.6 Å². The highest BCUT2D eigenvalue weighted by Crippen LogP contribution is 2.24. The molecule has 0 radical (unpaired) electrons. The van der Waals surface area contributed by atoms with Crippen LogP contribution in [0, 0.1) is 6.92 Å². The first kappa shape index (κ1) is 9.21. The van der Waals surface area contributed by atoms with E-state index >= 15 is 0 Å². The quantitative estimate of drug-likeness (QED) is 0.719. The standard InChI is InChI=1S/C11H10N2S/c1-8-12-6-9(7-13-8)10-4-2-3-5-11(10)14/h2-7,14H,1H3. The highest BCUT2D eigenvalue weighted by atomic mass is 32.1. The van der Waals surface area contributed by atoms with Gasteiger partial charge in [-0.25, -0.2) is 9.97 Å². The highest BCUT2D eigenvalue weighted by molar-refractivity contribution is 7.80. The minimum Gasteiger partial charge on any atom is -0.241 e. The lowest BCUT2D eigenvalue weighted by Gasteiger charge is -2.03. The van der Waals surface area contributed by atoms with Crippen molar-refractivity contribution in [1.82, 2.24) is 9.97 Å². The Labute approximate surface area is 88.4 Å². The average molecular weight is 202 g/mol. The molecule has 2 nitrogen and oxygen atoms in total. The van der Waals surface area contributed by atoms with Crippen LogP contribution in [0.25, 0.3) is 11.1 Å². The third kappa shape index (κ3) is 1.77. The Morgan fingerprint density at radius 2 is 1.71 bits per heavy atom. The summed E-state index contributed by atoms with van der Waals surface area (Å²) < 4.78 is 0. The van der Waals surface area contributed by atoms with Gasteiger partial charge >= 0.3 is 0 Å². The second kappa shape index (κ2) is 3.80. The van der Waals surface area contributed by atoms with Crippen LogP contribution in [0.1, 0.15) is 5.82 Å². The van der Waals surface area contributed by atoms with Crippen molar-refractivity contribution in [3.8, 4) is 11.1 Å². The number of thiol groups is 1. The molecule has 0 atom stereocenters. The molecule has 0 unspecified atom stereocenters.